The average Bonchev–Trinajstić information content (AvgIpc) is 2.85. The summed E-state index contributed by atoms with van der Waals surface area (Å²) >= 11 is 0. The largest absolute Gasteiger partial charge is 0.376 e. The lowest BCUT2D eigenvalue weighted by atomic mass is 9.98. The van der Waals surface area contributed by atoms with Crippen LogP contribution in [-0.4, -0.2) is 49.3 Å². The van der Waals surface area contributed by atoms with Crippen molar-refractivity contribution in [2.24, 2.45) is 5.92 Å². The summed E-state index contributed by atoms with van der Waals surface area (Å²) in [5, 5.41) is 3.75. The van der Waals surface area contributed by atoms with Gasteiger partial charge in [-0.15, -0.1) is 0 Å². The van der Waals surface area contributed by atoms with Crippen molar-refractivity contribution < 1.29 is 4.74 Å². The van der Waals surface area contributed by atoms with Crippen molar-refractivity contribution >= 4 is 0 Å². The summed E-state index contributed by atoms with van der Waals surface area (Å²) < 4.78 is 5.71. The maximum atomic E-state index is 5.71. The van der Waals surface area contributed by atoms with Crippen molar-refractivity contribution in [2.75, 3.05) is 26.2 Å². The molecule has 0 bridgehead atoms. The zero-order valence-electron chi connectivity index (χ0n) is 13.0. The van der Waals surface area contributed by atoms with Gasteiger partial charge in [0.05, 0.1) is 12.7 Å². The molecule has 4 unspecified atom stereocenters. The van der Waals surface area contributed by atoms with Crippen LogP contribution in [0.5, 0.6) is 0 Å². The van der Waals surface area contributed by atoms with Gasteiger partial charge in [-0.2, -0.15) is 0 Å². The van der Waals surface area contributed by atoms with Crippen LogP contribution in [0.4, 0.5) is 0 Å². The van der Waals surface area contributed by atoms with Gasteiger partial charge in [0.1, 0.15) is 0 Å². The molecule has 1 saturated heterocycles. The van der Waals surface area contributed by atoms with E-state index in [2.05, 4.69) is 31.0 Å². The molecule has 112 valence electrons. The highest BCUT2D eigenvalue weighted by Gasteiger charge is 2.29. The molecule has 0 aromatic rings. The zero-order chi connectivity index (χ0) is 13.7. The van der Waals surface area contributed by atoms with Crippen molar-refractivity contribution in [1.82, 2.24) is 10.2 Å². The van der Waals surface area contributed by atoms with E-state index >= 15 is 0 Å². The van der Waals surface area contributed by atoms with Crippen molar-refractivity contribution in [3.63, 3.8) is 0 Å². The first kappa shape index (κ1) is 15.3. The number of hydrogen-bond donors (Lipinski definition) is 1. The second-order valence-electron chi connectivity index (χ2n) is 6.53. The Morgan fingerprint density at radius 2 is 2.11 bits per heavy atom. The Morgan fingerprint density at radius 3 is 2.89 bits per heavy atom. The summed E-state index contributed by atoms with van der Waals surface area (Å²) in [5.74, 6) is 0.900. The van der Waals surface area contributed by atoms with Gasteiger partial charge in [0.15, 0.2) is 0 Å². The summed E-state index contributed by atoms with van der Waals surface area (Å²) in [6.45, 7) is 11.2. The molecule has 0 aromatic heterocycles. The lowest BCUT2D eigenvalue weighted by Gasteiger charge is -2.37. The summed E-state index contributed by atoms with van der Waals surface area (Å²) in [6, 6.07) is 1.38. The number of hydrogen-bond acceptors (Lipinski definition) is 3. The van der Waals surface area contributed by atoms with Gasteiger partial charge >= 0.3 is 0 Å². The molecule has 3 heteroatoms. The topological polar surface area (TPSA) is 24.5 Å². The number of morpholine rings is 1. The number of rotatable bonds is 6. The molecule has 1 N–H and O–H groups in total. The van der Waals surface area contributed by atoms with Crippen LogP contribution in [0.3, 0.4) is 0 Å². The first-order chi connectivity index (χ1) is 9.20. The second-order valence-corrected chi connectivity index (χ2v) is 6.53. The minimum absolute atomic E-state index is 0.411. The lowest BCUT2D eigenvalue weighted by Crippen LogP contribution is -2.48. The summed E-state index contributed by atoms with van der Waals surface area (Å²) in [4.78, 5) is 2.63. The summed E-state index contributed by atoms with van der Waals surface area (Å²) in [7, 11) is 0. The van der Waals surface area contributed by atoms with Gasteiger partial charge in [0.25, 0.3) is 0 Å². The van der Waals surface area contributed by atoms with Crippen molar-refractivity contribution in [2.45, 2.75) is 71.1 Å². The Balaban J connectivity index is 1.74. The van der Waals surface area contributed by atoms with Gasteiger partial charge in [-0.3, -0.25) is 4.90 Å². The third kappa shape index (κ3) is 4.44. The first-order valence-electron chi connectivity index (χ1n) is 8.29. The molecule has 4 atom stereocenters. The Labute approximate surface area is 119 Å². The van der Waals surface area contributed by atoms with E-state index in [-0.39, 0.29) is 0 Å². The van der Waals surface area contributed by atoms with Crippen LogP contribution < -0.4 is 5.32 Å². The van der Waals surface area contributed by atoms with Crippen molar-refractivity contribution in [3.05, 3.63) is 0 Å². The van der Waals surface area contributed by atoms with Crippen molar-refractivity contribution in [1.29, 1.82) is 0 Å². The highest BCUT2D eigenvalue weighted by Crippen LogP contribution is 2.29. The van der Waals surface area contributed by atoms with Gasteiger partial charge in [0.2, 0.25) is 0 Å². The molecule has 2 fully saturated rings. The zero-order valence-corrected chi connectivity index (χ0v) is 13.0. The number of nitrogens with zero attached hydrogens (tertiary/aromatic N) is 1. The quantitative estimate of drug-likeness (QED) is 0.801. The lowest BCUT2D eigenvalue weighted by molar-refractivity contribution is -0.0509. The molecule has 1 saturated carbocycles. The molecule has 0 amide bonds. The molecule has 0 radical (unpaired) electrons. The standard InChI is InChI=1S/C16H32N2O/c1-4-9-17-16-7-5-6-15(16)8-10-18-11-14(3)19-12-13(18)2/h13-17H,4-12H2,1-3H3. The van der Waals surface area contributed by atoms with E-state index in [0.717, 1.165) is 25.1 Å². The number of ether oxygens (including phenoxy) is 1. The first-order valence-corrected chi connectivity index (χ1v) is 8.29. The monoisotopic (exact) mass is 268 g/mol. The van der Waals surface area contributed by atoms with Crippen LogP contribution in [-0.2, 0) is 4.74 Å². The normalized spacial score (nSPS) is 36.8. The van der Waals surface area contributed by atoms with Gasteiger partial charge < -0.3 is 10.1 Å². The predicted molar refractivity (Wildman–Crippen MR) is 80.5 cm³/mol. The van der Waals surface area contributed by atoms with Crippen LogP contribution in [0.15, 0.2) is 0 Å². The van der Waals surface area contributed by atoms with Gasteiger partial charge in [-0.25, -0.2) is 0 Å². The molecule has 1 aliphatic heterocycles. The second kappa shape index (κ2) is 7.61. The molecular weight excluding hydrogens is 236 g/mol. The predicted octanol–water partition coefficient (Wildman–Crippen LogP) is 2.65. The SMILES string of the molecule is CCCNC1CCCC1CCN1CC(C)OCC1C. The van der Waals surface area contributed by atoms with Gasteiger partial charge in [0, 0.05) is 18.6 Å². The Hall–Kier alpha value is -0.120. The molecular formula is C16H32N2O. The Kier molecular flexibility index (Phi) is 6.11. The van der Waals surface area contributed by atoms with Gasteiger partial charge in [-0.05, 0) is 58.5 Å². The van der Waals surface area contributed by atoms with E-state index in [9.17, 15) is 0 Å². The fourth-order valence-corrected chi connectivity index (χ4v) is 3.60. The molecule has 3 nitrogen and oxygen atoms in total. The minimum Gasteiger partial charge on any atom is -0.376 e. The molecule has 1 aliphatic carbocycles. The fraction of sp³-hybridized carbons (Fsp3) is 1.00. The van der Waals surface area contributed by atoms with Crippen LogP contribution in [0.2, 0.25) is 0 Å². The fourth-order valence-electron chi connectivity index (χ4n) is 3.60. The van der Waals surface area contributed by atoms with Crippen LogP contribution in [0, 0.1) is 5.92 Å². The molecule has 0 aromatic carbocycles. The molecule has 1 heterocycles. The highest BCUT2D eigenvalue weighted by atomic mass is 16.5. The van der Waals surface area contributed by atoms with E-state index in [1.54, 1.807) is 0 Å². The van der Waals surface area contributed by atoms with Crippen molar-refractivity contribution in [3.8, 4) is 0 Å². The minimum atomic E-state index is 0.411. The maximum Gasteiger partial charge on any atom is 0.0674 e. The Morgan fingerprint density at radius 1 is 1.26 bits per heavy atom. The third-order valence-electron chi connectivity index (χ3n) is 4.84. The van der Waals surface area contributed by atoms with E-state index in [1.165, 1.54) is 45.2 Å². The highest BCUT2D eigenvalue weighted by molar-refractivity contribution is 4.85. The Bertz CT molecular complexity index is 259. The van der Waals surface area contributed by atoms with Crippen LogP contribution >= 0.6 is 0 Å². The molecule has 0 spiro atoms. The smallest absolute Gasteiger partial charge is 0.0674 e. The van der Waals surface area contributed by atoms with Crippen LogP contribution in [0.1, 0.15) is 52.9 Å². The average molecular weight is 268 g/mol. The van der Waals surface area contributed by atoms with E-state index in [0.29, 0.717) is 12.1 Å². The molecule has 19 heavy (non-hydrogen) atoms. The number of nitrogens with one attached hydrogen (secondary N) is 1. The van der Waals surface area contributed by atoms with E-state index in [1.807, 2.05) is 0 Å². The summed E-state index contributed by atoms with van der Waals surface area (Å²) in [6.07, 6.45) is 7.25. The summed E-state index contributed by atoms with van der Waals surface area (Å²) in [5.41, 5.74) is 0. The maximum absolute atomic E-state index is 5.71. The van der Waals surface area contributed by atoms with Gasteiger partial charge in [-0.1, -0.05) is 13.3 Å². The van der Waals surface area contributed by atoms with E-state index < -0.39 is 0 Å². The molecule has 2 rings (SSSR count). The molecule has 2 aliphatic rings. The van der Waals surface area contributed by atoms with E-state index in [4.69, 9.17) is 4.74 Å². The van der Waals surface area contributed by atoms with Crippen LogP contribution in [0.25, 0.3) is 0 Å². The third-order valence-corrected chi connectivity index (χ3v) is 4.84.